The molecule has 0 spiro atoms. The van der Waals surface area contributed by atoms with Gasteiger partial charge in [0.25, 0.3) is 10.0 Å². The highest BCUT2D eigenvalue weighted by Crippen LogP contribution is 2.33. The highest BCUT2D eigenvalue weighted by Gasteiger charge is 2.20. The van der Waals surface area contributed by atoms with Gasteiger partial charge in [-0.05, 0) is 42.5 Å². The molecule has 6 nitrogen and oxygen atoms in total. The first-order valence-electron chi connectivity index (χ1n) is 8.89. The smallest absolute Gasteiger partial charge is 0.262 e. The Hall–Kier alpha value is -3.10. The molecule has 0 aliphatic carbocycles. The lowest BCUT2D eigenvalue weighted by atomic mass is 10.2. The van der Waals surface area contributed by atoms with Crippen LogP contribution in [0.5, 0.6) is 11.5 Å². The standard InChI is InChI=1S/C21H15NO5S2/c23-21-15-3-1-2-4-19(15)28-20-8-5-13(11-16(20)21)22-29(24,25)14-6-7-17-18(12-14)27-10-9-26-17/h1-8,11-12,22H,9-10H2. The second kappa shape index (κ2) is 6.75. The number of nitrogens with one attached hydrogen (secondary N) is 1. The minimum Gasteiger partial charge on any atom is -0.486 e. The molecule has 0 amide bonds. The summed E-state index contributed by atoms with van der Waals surface area (Å²) in [6.45, 7) is 0.803. The molecule has 0 unspecified atom stereocenters. The molecular formula is C21H15NO5S2. The third kappa shape index (κ3) is 3.20. The van der Waals surface area contributed by atoms with Crippen LogP contribution in [0.3, 0.4) is 0 Å². The van der Waals surface area contributed by atoms with Gasteiger partial charge < -0.3 is 9.47 Å². The first-order valence-corrected chi connectivity index (χ1v) is 11.2. The Bertz CT molecular complexity index is 1430. The molecule has 0 radical (unpaired) electrons. The van der Waals surface area contributed by atoms with E-state index in [1.165, 1.54) is 23.5 Å². The molecule has 0 saturated heterocycles. The Balaban J connectivity index is 1.55. The van der Waals surface area contributed by atoms with Gasteiger partial charge in [-0.2, -0.15) is 0 Å². The molecule has 1 N–H and O–H groups in total. The number of ether oxygens (including phenoxy) is 2. The van der Waals surface area contributed by atoms with Crippen LogP contribution in [0.15, 0.2) is 70.4 Å². The van der Waals surface area contributed by atoms with Crippen molar-refractivity contribution in [3.05, 3.63) is 70.9 Å². The lowest BCUT2D eigenvalue weighted by Gasteiger charge is -2.19. The van der Waals surface area contributed by atoms with Crippen molar-refractivity contribution in [2.75, 3.05) is 17.9 Å². The van der Waals surface area contributed by atoms with Crippen molar-refractivity contribution < 1.29 is 17.9 Å². The van der Waals surface area contributed by atoms with E-state index in [0.717, 1.165) is 9.40 Å². The summed E-state index contributed by atoms with van der Waals surface area (Å²) in [5, 5.41) is 1.10. The summed E-state index contributed by atoms with van der Waals surface area (Å²) in [7, 11) is -3.85. The first kappa shape index (κ1) is 18.0. The van der Waals surface area contributed by atoms with Gasteiger partial charge >= 0.3 is 0 Å². The maximum Gasteiger partial charge on any atom is 0.262 e. The van der Waals surface area contributed by atoms with Crippen molar-refractivity contribution in [1.82, 2.24) is 0 Å². The van der Waals surface area contributed by atoms with E-state index in [1.54, 1.807) is 30.3 Å². The van der Waals surface area contributed by atoms with Gasteiger partial charge in [0.2, 0.25) is 0 Å². The number of hydrogen-bond acceptors (Lipinski definition) is 6. The van der Waals surface area contributed by atoms with E-state index < -0.39 is 10.0 Å². The van der Waals surface area contributed by atoms with Crippen LogP contribution < -0.4 is 19.6 Å². The minimum absolute atomic E-state index is 0.0607. The largest absolute Gasteiger partial charge is 0.486 e. The predicted octanol–water partition coefficient (Wildman–Crippen LogP) is 3.99. The van der Waals surface area contributed by atoms with Gasteiger partial charge in [0.15, 0.2) is 16.9 Å². The average molecular weight is 425 g/mol. The maximum absolute atomic E-state index is 12.8. The molecule has 0 fully saturated rings. The molecule has 2 heterocycles. The van der Waals surface area contributed by atoms with E-state index in [0.29, 0.717) is 41.2 Å². The monoisotopic (exact) mass is 425 g/mol. The van der Waals surface area contributed by atoms with E-state index in [9.17, 15) is 13.2 Å². The van der Waals surface area contributed by atoms with Crippen LogP contribution in [-0.2, 0) is 10.0 Å². The summed E-state index contributed by atoms with van der Waals surface area (Å²) in [6.07, 6.45) is 0. The van der Waals surface area contributed by atoms with E-state index >= 15 is 0 Å². The second-order valence-corrected chi connectivity index (χ2v) is 9.32. The Labute approximate surface area is 170 Å². The summed E-state index contributed by atoms with van der Waals surface area (Å²) in [4.78, 5) is 12.9. The summed E-state index contributed by atoms with van der Waals surface area (Å²) in [5.74, 6) is 0.915. The molecule has 29 heavy (non-hydrogen) atoms. The molecule has 146 valence electrons. The molecule has 0 bridgehead atoms. The zero-order valence-corrected chi connectivity index (χ0v) is 16.7. The van der Waals surface area contributed by atoms with E-state index in [-0.39, 0.29) is 10.3 Å². The third-order valence-electron chi connectivity index (χ3n) is 4.65. The van der Waals surface area contributed by atoms with Crippen LogP contribution in [-0.4, -0.2) is 21.6 Å². The molecular weight excluding hydrogens is 410 g/mol. The van der Waals surface area contributed by atoms with Crippen molar-refractivity contribution in [2.45, 2.75) is 4.90 Å². The molecule has 3 aromatic carbocycles. The second-order valence-electron chi connectivity index (χ2n) is 6.55. The zero-order chi connectivity index (χ0) is 20.0. The van der Waals surface area contributed by atoms with Crippen molar-refractivity contribution in [2.24, 2.45) is 0 Å². The van der Waals surface area contributed by atoms with Crippen LogP contribution in [0.2, 0.25) is 0 Å². The topological polar surface area (TPSA) is 81.7 Å². The SMILES string of the molecule is O=c1c2ccccc2sc2ccc(NS(=O)(=O)c3ccc4c(c3)OCCO4)cc12. The maximum atomic E-state index is 12.8. The number of benzene rings is 3. The molecule has 0 saturated carbocycles. The van der Waals surface area contributed by atoms with Gasteiger partial charge in [0.1, 0.15) is 13.2 Å². The van der Waals surface area contributed by atoms with Crippen LogP contribution in [0.4, 0.5) is 5.69 Å². The quantitative estimate of drug-likeness (QED) is 0.502. The molecule has 1 aliphatic heterocycles. The number of sulfonamides is 1. The fourth-order valence-electron chi connectivity index (χ4n) is 3.27. The predicted molar refractivity (Wildman–Crippen MR) is 114 cm³/mol. The minimum atomic E-state index is -3.85. The summed E-state index contributed by atoms with van der Waals surface area (Å²) < 4.78 is 40.8. The molecule has 1 aliphatic rings. The first-order chi connectivity index (χ1) is 14.0. The van der Waals surface area contributed by atoms with Crippen LogP contribution in [0.25, 0.3) is 20.2 Å². The van der Waals surface area contributed by atoms with Gasteiger partial charge in [-0.1, -0.05) is 12.1 Å². The molecule has 0 atom stereocenters. The van der Waals surface area contributed by atoms with Crippen molar-refractivity contribution in [3.8, 4) is 11.5 Å². The number of rotatable bonds is 3. The van der Waals surface area contributed by atoms with Gasteiger partial charge in [0, 0.05) is 31.9 Å². The van der Waals surface area contributed by atoms with Crippen LogP contribution >= 0.6 is 11.3 Å². The Morgan fingerprint density at radius 2 is 1.59 bits per heavy atom. The van der Waals surface area contributed by atoms with E-state index in [2.05, 4.69) is 4.72 Å². The van der Waals surface area contributed by atoms with E-state index in [1.807, 2.05) is 18.2 Å². The van der Waals surface area contributed by atoms with Gasteiger partial charge in [-0.3, -0.25) is 9.52 Å². The summed E-state index contributed by atoms with van der Waals surface area (Å²) in [6, 6.07) is 16.9. The van der Waals surface area contributed by atoms with Crippen LogP contribution in [0.1, 0.15) is 0 Å². The van der Waals surface area contributed by atoms with Crippen molar-refractivity contribution >= 4 is 47.2 Å². The van der Waals surface area contributed by atoms with Crippen molar-refractivity contribution in [3.63, 3.8) is 0 Å². The molecule has 1 aromatic heterocycles. The fraction of sp³-hybridized carbons (Fsp3) is 0.0952. The summed E-state index contributed by atoms with van der Waals surface area (Å²) >= 11 is 1.50. The number of anilines is 1. The Morgan fingerprint density at radius 3 is 2.45 bits per heavy atom. The third-order valence-corrected chi connectivity index (χ3v) is 7.18. The molecule has 4 aromatic rings. The van der Waals surface area contributed by atoms with Crippen LogP contribution in [0, 0.1) is 0 Å². The zero-order valence-electron chi connectivity index (χ0n) is 15.0. The summed E-state index contributed by atoms with van der Waals surface area (Å²) in [5.41, 5.74) is 0.210. The van der Waals surface area contributed by atoms with Gasteiger partial charge in [-0.25, -0.2) is 8.42 Å². The van der Waals surface area contributed by atoms with Gasteiger partial charge in [-0.15, -0.1) is 11.3 Å². The average Bonchev–Trinajstić information content (AvgIpc) is 2.74. The highest BCUT2D eigenvalue weighted by atomic mass is 32.2. The Kier molecular flexibility index (Phi) is 4.18. The Morgan fingerprint density at radius 1 is 0.828 bits per heavy atom. The highest BCUT2D eigenvalue weighted by molar-refractivity contribution is 7.92. The van der Waals surface area contributed by atoms with Crippen molar-refractivity contribution in [1.29, 1.82) is 0 Å². The van der Waals surface area contributed by atoms with E-state index in [4.69, 9.17) is 9.47 Å². The fourth-order valence-corrected chi connectivity index (χ4v) is 5.39. The molecule has 8 heteroatoms. The lowest BCUT2D eigenvalue weighted by Crippen LogP contribution is -2.17. The lowest BCUT2D eigenvalue weighted by molar-refractivity contribution is 0.171. The number of fused-ring (bicyclic) bond motifs is 3. The number of hydrogen-bond donors (Lipinski definition) is 1. The van der Waals surface area contributed by atoms with Gasteiger partial charge in [0.05, 0.1) is 4.90 Å². The normalized spacial score (nSPS) is 13.5. The molecule has 5 rings (SSSR count).